The van der Waals surface area contributed by atoms with Crippen molar-refractivity contribution in [1.29, 1.82) is 0 Å². The average Bonchev–Trinajstić information content (AvgIpc) is 3.33. The summed E-state index contributed by atoms with van der Waals surface area (Å²) in [5.74, 6) is -0.666. The summed E-state index contributed by atoms with van der Waals surface area (Å²) in [6, 6.07) is 20.3. The Morgan fingerprint density at radius 2 is 1.61 bits per heavy atom. The summed E-state index contributed by atoms with van der Waals surface area (Å²) >= 11 is 0. The highest BCUT2D eigenvalue weighted by Crippen LogP contribution is 2.38. The molecular weight excluding hydrogens is 436 g/mol. The molecule has 0 radical (unpaired) electrons. The number of carbonyl (C=O) groups excluding carboxylic acids is 2. The van der Waals surface area contributed by atoms with Gasteiger partial charge in [0, 0.05) is 11.6 Å². The molecule has 1 saturated carbocycles. The van der Waals surface area contributed by atoms with Gasteiger partial charge in [-0.1, -0.05) is 55.3 Å². The molecule has 1 aliphatic heterocycles. The van der Waals surface area contributed by atoms with Crippen molar-refractivity contribution in [2.75, 3.05) is 4.90 Å². The summed E-state index contributed by atoms with van der Waals surface area (Å²) in [6.07, 6.45) is 4.06. The lowest BCUT2D eigenvalue weighted by atomic mass is 10.1. The second-order valence-corrected chi connectivity index (χ2v) is 10.4. The monoisotopic (exact) mass is 460 g/mol. The third kappa shape index (κ3) is 3.93. The quantitative estimate of drug-likeness (QED) is 0.627. The molecule has 1 N–H and O–H groups in total. The zero-order valence-corrected chi connectivity index (χ0v) is 18.8. The van der Waals surface area contributed by atoms with E-state index in [1.165, 1.54) is 35.2 Å². The molecule has 33 heavy (non-hydrogen) atoms. The van der Waals surface area contributed by atoms with Gasteiger partial charge in [0.25, 0.3) is 11.8 Å². The van der Waals surface area contributed by atoms with Gasteiger partial charge in [0.05, 0.1) is 27.6 Å². The first kappa shape index (κ1) is 21.4. The second-order valence-electron chi connectivity index (χ2n) is 8.51. The first-order valence-corrected chi connectivity index (χ1v) is 12.6. The van der Waals surface area contributed by atoms with Gasteiger partial charge in [-0.25, -0.2) is 8.42 Å². The Morgan fingerprint density at radius 1 is 0.909 bits per heavy atom. The van der Waals surface area contributed by atoms with Crippen LogP contribution in [0.2, 0.25) is 0 Å². The zero-order valence-electron chi connectivity index (χ0n) is 18.0. The molecular formula is C26H24N2O4S. The van der Waals surface area contributed by atoms with E-state index in [-0.39, 0.29) is 39.5 Å². The molecule has 5 rings (SSSR count). The van der Waals surface area contributed by atoms with Crippen molar-refractivity contribution in [2.45, 2.75) is 48.1 Å². The fourth-order valence-electron chi connectivity index (χ4n) is 4.61. The van der Waals surface area contributed by atoms with Crippen LogP contribution in [0.1, 0.15) is 52.0 Å². The highest BCUT2D eigenvalue weighted by Gasteiger charge is 2.36. The topological polar surface area (TPSA) is 83.6 Å². The molecule has 3 aromatic carbocycles. The average molecular weight is 461 g/mol. The summed E-state index contributed by atoms with van der Waals surface area (Å²) < 4.78 is 27.1. The van der Waals surface area contributed by atoms with Gasteiger partial charge in [0.2, 0.25) is 9.84 Å². The van der Waals surface area contributed by atoms with Gasteiger partial charge in [-0.05, 0) is 48.7 Å². The number of rotatable bonds is 4. The molecule has 6 nitrogen and oxygen atoms in total. The van der Waals surface area contributed by atoms with Gasteiger partial charge in [0.15, 0.2) is 0 Å². The van der Waals surface area contributed by atoms with Crippen LogP contribution in [-0.4, -0.2) is 26.3 Å². The number of nitrogens with zero attached hydrogens (tertiary/aromatic N) is 1. The van der Waals surface area contributed by atoms with E-state index in [1.54, 1.807) is 12.1 Å². The highest BCUT2D eigenvalue weighted by atomic mass is 32.2. The summed E-state index contributed by atoms with van der Waals surface area (Å²) in [7, 11) is -3.95. The highest BCUT2D eigenvalue weighted by molar-refractivity contribution is 7.91. The smallest absolute Gasteiger partial charge is 0.259 e. The first-order valence-electron chi connectivity index (χ1n) is 11.1. The van der Waals surface area contributed by atoms with E-state index in [9.17, 15) is 18.0 Å². The fourth-order valence-corrected chi connectivity index (χ4v) is 6.24. The van der Waals surface area contributed by atoms with Gasteiger partial charge in [-0.15, -0.1) is 0 Å². The molecule has 1 aliphatic carbocycles. The Kier molecular flexibility index (Phi) is 5.50. The zero-order chi connectivity index (χ0) is 23.0. The number of anilines is 1. The molecule has 2 aliphatic rings. The van der Waals surface area contributed by atoms with Crippen LogP contribution in [0.3, 0.4) is 0 Å². The molecule has 0 atom stereocenters. The molecule has 0 aromatic heterocycles. The van der Waals surface area contributed by atoms with Crippen molar-refractivity contribution in [2.24, 2.45) is 0 Å². The summed E-state index contributed by atoms with van der Waals surface area (Å²) in [5, 5.41) is 3.04. The van der Waals surface area contributed by atoms with Crippen LogP contribution in [0.4, 0.5) is 5.69 Å². The van der Waals surface area contributed by atoms with Crippen LogP contribution in [-0.2, 0) is 16.4 Å². The second kappa shape index (κ2) is 8.48. The number of amides is 2. The predicted molar refractivity (Wildman–Crippen MR) is 125 cm³/mol. The maximum absolute atomic E-state index is 13.6. The molecule has 1 heterocycles. The van der Waals surface area contributed by atoms with Gasteiger partial charge >= 0.3 is 0 Å². The lowest BCUT2D eigenvalue weighted by molar-refractivity contribution is 0.0935. The molecule has 0 unspecified atom stereocenters. The van der Waals surface area contributed by atoms with Gasteiger partial charge in [-0.2, -0.15) is 0 Å². The Hall–Kier alpha value is -3.45. The Bertz CT molecular complexity index is 1330. The van der Waals surface area contributed by atoms with E-state index in [0.29, 0.717) is 5.56 Å². The van der Waals surface area contributed by atoms with E-state index in [2.05, 4.69) is 5.32 Å². The van der Waals surface area contributed by atoms with E-state index >= 15 is 0 Å². The fraction of sp³-hybridized carbons (Fsp3) is 0.231. The summed E-state index contributed by atoms with van der Waals surface area (Å²) in [6.45, 7) is 0.185. The SMILES string of the molecule is O=C(NC1CCCC1)c1ccc2c(c1)N(Cc1ccccc1)C(=O)c1ccccc1S2(=O)=O. The maximum Gasteiger partial charge on any atom is 0.259 e. The largest absolute Gasteiger partial charge is 0.349 e. The Labute approximate surface area is 193 Å². The van der Waals surface area contributed by atoms with Crippen molar-refractivity contribution in [3.63, 3.8) is 0 Å². The minimum Gasteiger partial charge on any atom is -0.349 e. The Balaban J connectivity index is 1.64. The van der Waals surface area contributed by atoms with Crippen LogP contribution in [0.5, 0.6) is 0 Å². The lowest BCUT2D eigenvalue weighted by Crippen LogP contribution is -2.33. The van der Waals surface area contributed by atoms with Crippen molar-refractivity contribution in [1.82, 2.24) is 5.32 Å². The summed E-state index contributed by atoms with van der Waals surface area (Å²) in [5.41, 5.74) is 1.54. The minimum absolute atomic E-state index is 0.0185. The van der Waals surface area contributed by atoms with Crippen molar-refractivity contribution >= 4 is 27.3 Å². The molecule has 2 amide bonds. The molecule has 1 fully saturated rings. The van der Waals surface area contributed by atoms with Crippen LogP contribution < -0.4 is 10.2 Å². The van der Waals surface area contributed by atoms with E-state index < -0.39 is 15.7 Å². The lowest BCUT2D eigenvalue weighted by Gasteiger charge is -2.24. The summed E-state index contributed by atoms with van der Waals surface area (Å²) in [4.78, 5) is 28.0. The number of hydrogen-bond donors (Lipinski definition) is 1. The third-order valence-corrected chi connectivity index (χ3v) is 8.19. The van der Waals surface area contributed by atoms with E-state index in [0.717, 1.165) is 31.2 Å². The molecule has 7 heteroatoms. The maximum atomic E-state index is 13.6. The minimum atomic E-state index is -3.95. The number of carbonyl (C=O) groups is 2. The Morgan fingerprint density at radius 3 is 2.36 bits per heavy atom. The molecule has 0 saturated heterocycles. The van der Waals surface area contributed by atoms with E-state index in [1.807, 2.05) is 30.3 Å². The van der Waals surface area contributed by atoms with Crippen LogP contribution in [0, 0.1) is 0 Å². The molecule has 168 valence electrons. The van der Waals surface area contributed by atoms with Crippen molar-refractivity contribution < 1.29 is 18.0 Å². The number of nitrogens with one attached hydrogen (secondary N) is 1. The van der Waals surface area contributed by atoms with Crippen LogP contribution in [0.15, 0.2) is 82.6 Å². The van der Waals surface area contributed by atoms with Gasteiger partial charge < -0.3 is 10.2 Å². The number of hydrogen-bond acceptors (Lipinski definition) is 4. The standard InChI is InChI=1S/C26H24N2O4S/c29-25(27-20-10-4-5-11-20)19-14-15-24-22(16-19)28(17-18-8-2-1-3-9-18)26(30)21-12-6-7-13-23(21)33(24,31)32/h1-3,6-9,12-16,20H,4-5,10-11,17H2,(H,27,29). The number of benzene rings is 3. The van der Waals surface area contributed by atoms with Gasteiger partial charge in [0.1, 0.15) is 0 Å². The number of sulfone groups is 1. The third-order valence-electron chi connectivity index (χ3n) is 6.33. The number of fused-ring (bicyclic) bond motifs is 2. The molecule has 0 bridgehead atoms. The van der Waals surface area contributed by atoms with E-state index in [4.69, 9.17) is 0 Å². The molecule has 0 spiro atoms. The van der Waals surface area contributed by atoms with Gasteiger partial charge in [-0.3, -0.25) is 9.59 Å². The molecule has 3 aromatic rings. The van der Waals surface area contributed by atoms with Crippen LogP contribution >= 0.6 is 0 Å². The van der Waals surface area contributed by atoms with Crippen molar-refractivity contribution in [3.8, 4) is 0 Å². The predicted octanol–water partition coefficient (Wildman–Crippen LogP) is 4.35. The van der Waals surface area contributed by atoms with Crippen molar-refractivity contribution in [3.05, 3.63) is 89.5 Å². The first-order chi connectivity index (χ1) is 15.9. The normalized spacial score (nSPS) is 17.2. The van der Waals surface area contributed by atoms with Crippen LogP contribution in [0.25, 0.3) is 0 Å².